The van der Waals surface area contributed by atoms with E-state index in [1.54, 1.807) is 24.3 Å². The number of amides is 1. The smallest absolute Gasteiger partial charge is 0.225 e. The van der Waals surface area contributed by atoms with Crippen LogP contribution in [0.15, 0.2) is 24.3 Å². The van der Waals surface area contributed by atoms with Crippen LogP contribution >= 0.6 is 23.2 Å². The van der Waals surface area contributed by atoms with E-state index in [0.29, 0.717) is 41.1 Å². The molecule has 7 heteroatoms. The third-order valence-electron chi connectivity index (χ3n) is 2.67. The summed E-state index contributed by atoms with van der Waals surface area (Å²) in [5, 5.41) is 10.4. The van der Waals surface area contributed by atoms with Gasteiger partial charge in [0.1, 0.15) is 5.75 Å². The van der Waals surface area contributed by atoms with Gasteiger partial charge in [-0.1, -0.05) is 23.2 Å². The Labute approximate surface area is 132 Å². The van der Waals surface area contributed by atoms with Crippen molar-refractivity contribution in [1.29, 1.82) is 0 Å². The number of nitrogens with zero attached hydrogens (tertiary/aromatic N) is 1. The first-order valence-electron chi connectivity index (χ1n) is 6.44. The number of hydrogen-bond acceptors (Lipinski definition) is 3. The summed E-state index contributed by atoms with van der Waals surface area (Å²) in [4.78, 5) is 11.7. The van der Waals surface area contributed by atoms with Crippen LogP contribution in [0.1, 0.15) is 18.5 Å². The maximum atomic E-state index is 11.7. The number of aryl methyl sites for hydroxylation is 1. The molecule has 1 aromatic heterocycles. The molecule has 0 fully saturated rings. The minimum absolute atomic E-state index is 0.104. The maximum absolute atomic E-state index is 11.7. The van der Waals surface area contributed by atoms with Crippen LogP contribution in [0.4, 0.5) is 5.82 Å². The molecule has 0 aliphatic rings. The van der Waals surface area contributed by atoms with Gasteiger partial charge in [0.15, 0.2) is 5.82 Å². The molecule has 5 nitrogen and oxygen atoms in total. The first-order chi connectivity index (χ1) is 10.0. The van der Waals surface area contributed by atoms with E-state index >= 15 is 0 Å². The molecule has 112 valence electrons. The van der Waals surface area contributed by atoms with Gasteiger partial charge in [0, 0.05) is 23.2 Å². The largest absolute Gasteiger partial charge is 0.492 e. The van der Waals surface area contributed by atoms with E-state index in [1.165, 1.54) is 0 Å². The number of H-pyrrole nitrogens is 1. The molecule has 0 radical (unpaired) electrons. The van der Waals surface area contributed by atoms with E-state index in [9.17, 15) is 4.79 Å². The molecule has 0 saturated heterocycles. The molecule has 2 rings (SSSR count). The summed E-state index contributed by atoms with van der Waals surface area (Å²) in [5.41, 5.74) is 0.894. The summed E-state index contributed by atoms with van der Waals surface area (Å²) in [7, 11) is 0. The van der Waals surface area contributed by atoms with Crippen LogP contribution in [-0.2, 0) is 4.79 Å². The lowest BCUT2D eigenvalue weighted by molar-refractivity contribution is -0.116. The fourth-order valence-electron chi connectivity index (χ4n) is 1.69. The molecule has 0 aliphatic heterocycles. The van der Waals surface area contributed by atoms with Crippen LogP contribution in [0.25, 0.3) is 0 Å². The summed E-state index contributed by atoms with van der Waals surface area (Å²) in [5.74, 6) is 0.982. The SMILES string of the molecule is Cc1cc(NC(=O)CCCOc2ccc(Cl)cc2Cl)n[nH]1. The number of carbonyl (C=O) groups is 1. The van der Waals surface area contributed by atoms with Gasteiger partial charge >= 0.3 is 0 Å². The van der Waals surface area contributed by atoms with Crippen molar-refractivity contribution in [1.82, 2.24) is 10.2 Å². The fourth-order valence-corrected chi connectivity index (χ4v) is 2.16. The lowest BCUT2D eigenvalue weighted by atomic mass is 10.3. The van der Waals surface area contributed by atoms with Gasteiger partial charge in [0.25, 0.3) is 0 Å². The van der Waals surface area contributed by atoms with E-state index in [0.717, 1.165) is 5.69 Å². The molecular formula is C14H15Cl2N3O2. The molecule has 2 aromatic rings. The first-order valence-corrected chi connectivity index (χ1v) is 7.20. The lowest BCUT2D eigenvalue weighted by Crippen LogP contribution is -2.13. The van der Waals surface area contributed by atoms with Crippen LogP contribution in [0.5, 0.6) is 5.75 Å². The fraction of sp³-hybridized carbons (Fsp3) is 0.286. The van der Waals surface area contributed by atoms with Crippen LogP contribution < -0.4 is 10.1 Å². The standard InChI is InChI=1S/C14H15Cl2N3O2/c1-9-7-13(19-18-9)17-14(20)3-2-6-21-12-5-4-10(15)8-11(12)16/h4-5,7-8H,2-3,6H2,1H3,(H2,17,18,19,20). The van der Waals surface area contributed by atoms with Crippen molar-refractivity contribution in [2.45, 2.75) is 19.8 Å². The third-order valence-corrected chi connectivity index (χ3v) is 3.20. The number of anilines is 1. The Balaban J connectivity index is 1.70. The molecule has 2 N–H and O–H groups in total. The molecule has 21 heavy (non-hydrogen) atoms. The highest BCUT2D eigenvalue weighted by molar-refractivity contribution is 6.35. The number of carbonyl (C=O) groups excluding carboxylic acids is 1. The van der Waals surface area contributed by atoms with Crippen molar-refractivity contribution >= 4 is 34.9 Å². The minimum Gasteiger partial charge on any atom is -0.492 e. The van der Waals surface area contributed by atoms with Crippen molar-refractivity contribution in [3.63, 3.8) is 0 Å². The zero-order valence-corrected chi connectivity index (χ0v) is 13.0. The maximum Gasteiger partial charge on any atom is 0.225 e. The molecule has 0 aliphatic carbocycles. The molecule has 1 aromatic carbocycles. The zero-order chi connectivity index (χ0) is 15.2. The number of rotatable bonds is 6. The van der Waals surface area contributed by atoms with Gasteiger partial charge in [-0.25, -0.2) is 0 Å². The summed E-state index contributed by atoms with van der Waals surface area (Å²) in [6.07, 6.45) is 0.922. The van der Waals surface area contributed by atoms with Gasteiger partial charge in [-0.05, 0) is 31.5 Å². The summed E-state index contributed by atoms with van der Waals surface area (Å²) in [6, 6.07) is 6.79. The van der Waals surface area contributed by atoms with Crippen LogP contribution in [-0.4, -0.2) is 22.7 Å². The Morgan fingerprint density at radius 3 is 2.86 bits per heavy atom. The van der Waals surface area contributed by atoms with E-state index in [4.69, 9.17) is 27.9 Å². The van der Waals surface area contributed by atoms with E-state index in [2.05, 4.69) is 15.5 Å². The monoisotopic (exact) mass is 327 g/mol. The molecule has 0 unspecified atom stereocenters. The lowest BCUT2D eigenvalue weighted by Gasteiger charge is -2.08. The second kappa shape index (κ2) is 7.33. The predicted octanol–water partition coefficient (Wildman–Crippen LogP) is 3.82. The Kier molecular flexibility index (Phi) is 5.47. The van der Waals surface area contributed by atoms with Crippen LogP contribution in [0.3, 0.4) is 0 Å². The van der Waals surface area contributed by atoms with E-state index in [-0.39, 0.29) is 5.91 Å². The van der Waals surface area contributed by atoms with Gasteiger partial charge in [-0.3, -0.25) is 9.89 Å². The number of ether oxygens (including phenoxy) is 1. The van der Waals surface area contributed by atoms with Crippen molar-refractivity contribution in [2.24, 2.45) is 0 Å². The van der Waals surface area contributed by atoms with E-state index in [1.807, 2.05) is 6.92 Å². The van der Waals surface area contributed by atoms with Crippen molar-refractivity contribution in [2.75, 3.05) is 11.9 Å². The number of halogens is 2. The highest BCUT2D eigenvalue weighted by Crippen LogP contribution is 2.27. The highest BCUT2D eigenvalue weighted by atomic mass is 35.5. The van der Waals surface area contributed by atoms with Gasteiger partial charge < -0.3 is 10.1 Å². The Bertz CT molecular complexity index is 628. The normalized spacial score (nSPS) is 10.4. The Hall–Kier alpha value is -1.72. The summed E-state index contributed by atoms with van der Waals surface area (Å²) < 4.78 is 5.50. The summed E-state index contributed by atoms with van der Waals surface area (Å²) >= 11 is 11.8. The number of benzene rings is 1. The molecule has 0 spiro atoms. The first kappa shape index (κ1) is 15.7. The number of aromatic nitrogens is 2. The van der Waals surface area contributed by atoms with Crippen LogP contribution in [0, 0.1) is 6.92 Å². The molecule has 0 atom stereocenters. The third kappa shape index (κ3) is 4.95. The minimum atomic E-state index is -0.104. The average molecular weight is 328 g/mol. The zero-order valence-electron chi connectivity index (χ0n) is 11.5. The molecule has 1 heterocycles. The number of hydrogen-bond donors (Lipinski definition) is 2. The molecule has 0 bridgehead atoms. The van der Waals surface area contributed by atoms with Crippen LogP contribution in [0.2, 0.25) is 10.0 Å². The predicted molar refractivity (Wildman–Crippen MR) is 83.1 cm³/mol. The summed E-state index contributed by atoms with van der Waals surface area (Å²) in [6.45, 7) is 2.26. The number of aromatic amines is 1. The van der Waals surface area contributed by atoms with Crippen molar-refractivity contribution in [3.8, 4) is 5.75 Å². The van der Waals surface area contributed by atoms with Crippen molar-refractivity contribution < 1.29 is 9.53 Å². The van der Waals surface area contributed by atoms with E-state index < -0.39 is 0 Å². The van der Waals surface area contributed by atoms with Gasteiger partial charge in [0.05, 0.1) is 11.6 Å². The average Bonchev–Trinajstić information content (AvgIpc) is 2.82. The quantitative estimate of drug-likeness (QED) is 0.792. The van der Waals surface area contributed by atoms with Gasteiger partial charge in [-0.2, -0.15) is 5.10 Å². The van der Waals surface area contributed by atoms with Crippen molar-refractivity contribution in [3.05, 3.63) is 40.0 Å². The second-order valence-electron chi connectivity index (χ2n) is 4.51. The van der Waals surface area contributed by atoms with Gasteiger partial charge in [0.2, 0.25) is 5.91 Å². The Morgan fingerprint density at radius 2 is 2.19 bits per heavy atom. The highest BCUT2D eigenvalue weighted by Gasteiger charge is 2.06. The second-order valence-corrected chi connectivity index (χ2v) is 5.35. The molecule has 1 amide bonds. The number of nitrogens with one attached hydrogen (secondary N) is 2. The Morgan fingerprint density at radius 1 is 1.38 bits per heavy atom. The molecule has 0 saturated carbocycles. The van der Waals surface area contributed by atoms with Gasteiger partial charge in [-0.15, -0.1) is 0 Å². The molecular weight excluding hydrogens is 313 g/mol. The topological polar surface area (TPSA) is 67.0 Å².